The molecule has 2 unspecified atom stereocenters. The molecule has 0 aliphatic heterocycles. The molecule has 2 heterocycles. The number of nitrogens with zero attached hydrogens (tertiary/aromatic N) is 2. The minimum atomic E-state index is -0.0720. The van der Waals surface area contributed by atoms with Crippen molar-refractivity contribution < 1.29 is 4.79 Å². The monoisotopic (exact) mass is 304 g/mol. The molecule has 1 aliphatic carbocycles. The van der Waals surface area contributed by atoms with Gasteiger partial charge in [-0.1, -0.05) is 26.2 Å². The molecule has 2 aromatic rings. The Morgan fingerprint density at radius 2 is 2.38 bits per heavy atom. The van der Waals surface area contributed by atoms with Crippen molar-refractivity contribution in [2.75, 3.05) is 5.73 Å². The highest BCUT2D eigenvalue weighted by atomic mass is 32.1. The van der Waals surface area contributed by atoms with Gasteiger partial charge < -0.3 is 11.1 Å². The molecule has 0 saturated heterocycles. The molecule has 0 spiro atoms. The third kappa shape index (κ3) is 2.85. The van der Waals surface area contributed by atoms with Gasteiger partial charge in [-0.2, -0.15) is 5.10 Å². The van der Waals surface area contributed by atoms with E-state index in [0.29, 0.717) is 10.6 Å². The Balaban J connectivity index is 1.76. The topological polar surface area (TPSA) is 80.9 Å². The Labute approximate surface area is 127 Å². The fourth-order valence-electron chi connectivity index (χ4n) is 3.09. The van der Waals surface area contributed by atoms with Crippen LogP contribution in [0.1, 0.15) is 48.7 Å². The SMILES string of the molecule is CCC1CCCC(NC(=O)c2sc3nnccc3c2N)C1. The molecule has 0 bridgehead atoms. The number of nitrogen functional groups attached to an aromatic ring is 1. The van der Waals surface area contributed by atoms with E-state index in [1.165, 1.54) is 30.6 Å². The number of fused-ring (bicyclic) bond motifs is 1. The van der Waals surface area contributed by atoms with Gasteiger partial charge in [-0.15, -0.1) is 16.4 Å². The fourth-order valence-corrected chi connectivity index (χ4v) is 4.03. The molecule has 6 heteroatoms. The lowest BCUT2D eigenvalue weighted by molar-refractivity contribution is 0.0924. The molecular formula is C15H20N4OS. The first kappa shape index (κ1) is 14.3. The normalized spacial score (nSPS) is 22.3. The van der Waals surface area contributed by atoms with Crippen LogP contribution in [-0.4, -0.2) is 22.1 Å². The molecule has 1 aliphatic rings. The number of aromatic nitrogens is 2. The van der Waals surface area contributed by atoms with Crippen molar-refractivity contribution in [3.63, 3.8) is 0 Å². The molecule has 112 valence electrons. The van der Waals surface area contributed by atoms with Gasteiger partial charge in [0.1, 0.15) is 9.71 Å². The highest BCUT2D eigenvalue weighted by molar-refractivity contribution is 7.21. The quantitative estimate of drug-likeness (QED) is 0.913. The smallest absolute Gasteiger partial charge is 0.263 e. The number of carbonyl (C=O) groups excluding carboxylic acids is 1. The summed E-state index contributed by atoms with van der Waals surface area (Å²) in [6.07, 6.45) is 7.40. The molecular weight excluding hydrogens is 284 g/mol. The Kier molecular flexibility index (Phi) is 4.05. The molecule has 0 radical (unpaired) electrons. The molecule has 0 aromatic carbocycles. The van der Waals surface area contributed by atoms with Crippen LogP contribution in [0.25, 0.3) is 10.2 Å². The van der Waals surface area contributed by atoms with Crippen molar-refractivity contribution >= 4 is 33.1 Å². The summed E-state index contributed by atoms with van der Waals surface area (Å²) in [4.78, 5) is 13.7. The molecule has 5 nitrogen and oxygen atoms in total. The summed E-state index contributed by atoms with van der Waals surface area (Å²) in [5, 5.41) is 11.8. The van der Waals surface area contributed by atoms with Crippen LogP contribution in [0.5, 0.6) is 0 Å². The zero-order valence-electron chi connectivity index (χ0n) is 12.1. The highest BCUT2D eigenvalue weighted by Gasteiger charge is 2.24. The van der Waals surface area contributed by atoms with Crippen LogP contribution in [0.3, 0.4) is 0 Å². The van der Waals surface area contributed by atoms with Gasteiger partial charge in [-0.3, -0.25) is 4.79 Å². The predicted molar refractivity (Wildman–Crippen MR) is 85.3 cm³/mol. The van der Waals surface area contributed by atoms with E-state index in [9.17, 15) is 4.79 Å². The number of thiophene rings is 1. The van der Waals surface area contributed by atoms with Crippen LogP contribution in [-0.2, 0) is 0 Å². The minimum Gasteiger partial charge on any atom is -0.397 e. The summed E-state index contributed by atoms with van der Waals surface area (Å²) in [5.41, 5.74) is 6.60. The van der Waals surface area contributed by atoms with E-state index in [4.69, 9.17) is 5.73 Å². The van der Waals surface area contributed by atoms with Crippen LogP contribution in [0.2, 0.25) is 0 Å². The number of hydrogen-bond donors (Lipinski definition) is 2. The largest absolute Gasteiger partial charge is 0.397 e. The maximum absolute atomic E-state index is 12.5. The summed E-state index contributed by atoms with van der Waals surface area (Å²) in [6.45, 7) is 2.22. The molecule has 1 saturated carbocycles. The van der Waals surface area contributed by atoms with Gasteiger partial charge in [-0.25, -0.2) is 0 Å². The minimum absolute atomic E-state index is 0.0720. The first-order valence-electron chi connectivity index (χ1n) is 7.49. The van der Waals surface area contributed by atoms with Crippen molar-refractivity contribution in [1.82, 2.24) is 15.5 Å². The number of amides is 1. The van der Waals surface area contributed by atoms with E-state index < -0.39 is 0 Å². The van der Waals surface area contributed by atoms with E-state index in [2.05, 4.69) is 22.4 Å². The Bertz CT molecular complexity index is 654. The molecule has 21 heavy (non-hydrogen) atoms. The number of rotatable bonds is 3. The molecule has 1 fully saturated rings. The zero-order chi connectivity index (χ0) is 14.8. The van der Waals surface area contributed by atoms with E-state index >= 15 is 0 Å². The highest BCUT2D eigenvalue weighted by Crippen LogP contribution is 2.32. The van der Waals surface area contributed by atoms with E-state index in [0.717, 1.165) is 29.0 Å². The lowest BCUT2D eigenvalue weighted by Crippen LogP contribution is -2.38. The standard InChI is InChI=1S/C15H20N4OS/c1-2-9-4-3-5-10(8-9)18-14(20)13-12(16)11-6-7-17-19-15(11)21-13/h6-7,9-10H,2-5,8,16H2,1H3,(H,18,20). The Morgan fingerprint density at radius 1 is 1.52 bits per heavy atom. The van der Waals surface area contributed by atoms with Gasteiger partial charge in [0.2, 0.25) is 0 Å². The van der Waals surface area contributed by atoms with Crippen LogP contribution in [0.15, 0.2) is 12.3 Å². The number of anilines is 1. The molecule has 3 N–H and O–H groups in total. The third-order valence-electron chi connectivity index (χ3n) is 4.32. The fraction of sp³-hybridized carbons (Fsp3) is 0.533. The Morgan fingerprint density at radius 3 is 3.14 bits per heavy atom. The second-order valence-electron chi connectivity index (χ2n) is 5.71. The second-order valence-corrected chi connectivity index (χ2v) is 6.71. The van der Waals surface area contributed by atoms with E-state index in [-0.39, 0.29) is 11.9 Å². The van der Waals surface area contributed by atoms with Gasteiger partial charge in [0, 0.05) is 11.4 Å². The van der Waals surface area contributed by atoms with Gasteiger partial charge in [0.25, 0.3) is 5.91 Å². The molecule has 1 amide bonds. The van der Waals surface area contributed by atoms with Crippen LogP contribution >= 0.6 is 11.3 Å². The third-order valence-corrected chi connectivity index (χ3v) is 5.43. The maximum atomic E-state index is 12.5. The average molecular weight is 304 g/mol. The van der Waals surface area contributed by atoms with Crippen molar-refractivity contribution in [2.24, 2.45) is 5.92 Å². The van der Waals surface area contributed by atoms with Gasteiger partial charge >= 0.3 is 0 Å². The zero-order valence-corrected chi connectivity index (χ0v) is 12.9. The number of carbonyl (C=O) groups is 1. The van der Waals surface area contributed by atoms with Gasteiger partial charge in [0.15, 0.2) is 0 Å². The van der Waals surface area contributed by atoms with Crippen LogP contribution in [0, 0.1) is 5.92 Å². The summed E-state index contributed by atoms with van der Waals surface area (Å²) in [6, 6.07) is 2.07. The summed E-state index contributed by atoms with van der Waals surface area (Å²) in [7, 11) is 0. The van der Waals surface area contributed by atoms with Crippen LogP contribution < -0.4 is 11.1 Å². The van der Waals surface area contributed by atoms with Crippen molar-refractivity contribution in [2.45, 2.75) is 45.1 Å². The lowest BCUT2D eigenvalue weighted by atomic mass is 9.84. The van der Waals surface area contributed by atoms with Crippen molar-refractivity contribution in [3.05, 3.63) is 17.1 Å². The first-order valence-corrected chi connectivity index (χ1v) is 8.31. The Hall–Kier alpha value is -1.69. The molecule has 2 aromatic heterocycles. The summed E-state index contributed by atoms with van der Waals surface area (Å²) >= 11 is 1.32. The van der Waals surface area contributed by atoms with Gasteiger partial charge in [-0.05, 0) is 24.8 Å². The number of hydrogen-bond acceptors (Lipinski definition) is 5. The van der Waals surface area contributed by atoms with E-state index in [1.54, 1.807) is 12.3 Å². The maximum Gasteiger partial charge on any atom is 0.263 e. The van der Waals surface area contributed by atoms with Gasteiger partial charge in [0.05, 0.1) is 11.9 Å². The molecule has 2 atom stereocenters. The predicted octanol–water partition coefficient (Wildman–Crippen LogP) is 2.97. The first-order chi connectivity index (χ1) is 10.2. The number of nitrogens with one attached hydrogen (secondary N) is 1. The van der Waals surface area contributed by atoms with Crippen LogP contribution in [0.4, 0.5) is 5.69 Å². The molecule has 3 rings (SSSR count). The van der Waals surface area contributed by atoms with E-state index in [1.807, 2.05) is 0 Å². The summed E-state index contributed by atoms with van der Waals surface area (Å²) < 4.78 is 0. The number of nitrogens with two attached hydrogens (primary N) is 1. The van der Waals surface area contributed by atoms with Crippen molar-refractivity contribution in [1.29, 1.82) is 0 Å². The second kappa shape index (κ2) is 5.97. The van der Waals surface area contributed by atoms with Crippen molar-refractivity contribution in [3.8, 4) is 0 Å². The lowest BCUT2D eigenvalue weighted by Gasteiger charge is -2.29. The summed E-state index contributed by atoms with van der Waals surface area (Å²) in [5.74, 6) is 0.659. The average Bonchev–Trinajstić information content (AvgIpc) is 2.85.